The van der Waals surface area contributed by atoms with Crippen LogP contribution in [0.2, 0.25) is 0 Å². The van der Waals surface area contributed by atoms with Crippen molar-refractivity contribution in [2.75, 3.05) is 18.8 Å². The van der Waals surface area contributed by atoms with Gasteiger partial charge in [-0.25, -0.2) is 21.3 Å². The van der Waals surface area contributed by atoms with Crippen molar-refractivity contribution in [2.45, 2.75) is 69.6 Å². The molecule has 0 amide bonds. The Morgan fingerprint density at radius 2 is 1.42 bits per heavy atom. The number of allylic oxidation sites excluding steroid dienone is 6. The predicted octanol–water partition coefficient (Wildman–Crippen LogP) is 4.66. The fourth-order valence-corrected chi connectivity index (χ4v) is 11.1. The Morgan fingerprint density at radius 1 is 0.788 bits per heavy atom. The van der Waals surface area contributed by atoms with Gasteiger partial charge >= 0.3 is 29.6 Å². The third-order valence-corrected chi connectivity index (χ3v) is 13.4. The molecular weight excluding hydrogens is 704 g/mol. The second kappa shape index (κ2) is 14.0. The standard InChI is InChI=1S/C41H44N2O6S2.Na/c1-40(2)35(42(26-12-13-28-50(44,45)46)33-24-22-29-15-8-10-17-31(29)38(33)40)19-6-5-7-20-36-41(3,4)39-32-18-11-9-16-30(32)23-25-34(39)43(36)27-14-21-37(43)51(47,48)49;/h5-11,15-20,22-25,37H,12-14,21,26-28H2,1-4H3;/q;+1/b7-5?,19-6?,36-20-;. The van der Waals surface area contributed by atoms with Crippen molar-refractivity contribution >= 4 is 58.9 Å². The molecule has 4 aromatic carbocycles. The van der Waals surface area contributed by atoms with Crippen LogP contribution in [0.15, 0.2) is 109 Å². The van der Waals surface area contributed by atoms with Gasteiger partial charge in [0.1, 0.15) is 17.9 Å². The molecule has 3 aliphatic heterocycles. The number of unbranched alkanes of at least 4 members (excludes halogenated alkanes) is 1. The summed E-state index contributed by atoms with van der Waals surface area (Å²) >= 11 is 0. The van der Waals surface area contributed by atoms with Crippen LogP contribution in [0.5, 0.6) is 0 Å². The zero-order valence-electron chi connectivity index (χ0n) is 30.5. The van der Waals surface area contributed by atoms with Gasteiger partial charge in [-0.3, -0.25) is 0 Å². The van der Waals surface area contributed by atoms with Crippen LogP contribution in [0.25, 0.3) is 21.5 Å². The van der Waals surface area contributed by atoms with Crippen LogP contribution in [-0.4, -0.2) is 60.4 Å². The summed E-state index contributed by atoms with van der Waals surface area (Å²) < 4.78 is 74.8. The van der Waals surface area contributed by atoms with E-state index in [2.05, 4.69) is 74.7 Å². The van der Waals surface area contributed by atoms with E-state index >= 15 is 0 Å². The van der Waals surface area contributed by atoms with Gasteiger partial charge in [0.15, 0.2) is 21.2 Å². The maximum Gasteiger partial charge on any atom is 1.00 e. The minimum absolute atomic E-state index is 0. The van der Waals surface area contributed by atoms with Crippen molar-refractivity contribution in [3.63, 3.8) is 0 Å². The van der Waals surface area contributed by atoms with E-state index in [1.165, 1.54) is 5.56 Å². The van der Waals surface area contributed by atoms with Crippen LogP contribution < -0.4 is 34.0 Å². The van der Waals surface area contributed by atoms with Crippen molar-refractivity contribution in [3.8, 4) is 0 Å². The Labute approximate surface area is 329 Å². The first-order valence-electron chi connectivity index (χ1n) is 17.6. The van der Waals surface area contributed by atoms with Gasteiger partial charge in [0.05, 0.1) is 27.5 Å². The molecular formula is C41H44N2NaO6S2+. The third-order valence-electron chi connectivity index (χ3n) is 11.3. The summed E-state index contributed by atoms with van der Waals surface area (Å²) in [5.41, 5.74) is 5.25. The zero-order valence-corrected chi connectivity index (χ0v) is 34.1. The molecule has 52 heavy (non-hydrogen) atoms. The Kier molecular flexibility index (Phi) is 10.5. The van der Waals surface area contributed by atoms with Gasteiger partial charge in [0.25, 0.3) is 0 Å². The van der Waals surface area contributed by atoms with Gasteiger partial charge < -0.3 is 9.11 Å². The smallest absolute Gasteiger partial charge is 0.748 e. The Balaban J connectivity index is 0.00000464. The topological polar surface area (TPSA) is 117 Å². The van der Waals surface area contributed by atoms with Crippen LogP contribution in [-0.2, 0) is 31.1 Å². The van der Waals surface area contributed by atoms with E-state index in [4.69, 9.17) is 0 Å². The average Bonchev–Trinajstić information content (AvgIpc) is 3.67. The van der Waals surface area contributed by atoms with Crippen LogP contribution in [0.3, 0.4) is 0 Å². The van der Waals surface area contributed by atoms with Crippen molar-refractivity contribution in [1.82, 2.24) is 4.48 Å². The maximum absolute atomic E-state index is 12.9. The Hall–Kier alpha value is -2.93. The Bertz CT molecular complexity index is 2430. The van der Waals surface area contributed by atoms with E-state index in [0.29, 0.717) is 32.4 Å². The van der Waals surface area contributed by atoms with Gasteiger partial charge in [-0.2, -0.15) is 4.58 Å². The third kappa shape index (κ3) is 6.49. The van der Waals surface area contributed by atoms with Crippen LogP contribution in [0, 0.1) is 0 Å². The summed E-state index contributed by atoms with van der Waals surface area (Å²) in [7, 11) is -8.90. The van der Waals surface area contributed by atoms with Crippen molar-refractivity contribution in [2.24, 2.45) is 0 Å². The molecule has 3 heterocycles. The quantitative estimate of drug-likeness (QED) is 0.0615. The number of hydrogen-bond donors (Lipinski definition) is 0. The molecule has 3 aliphatic rings. The number of quaternary nitrogens is 1. The normalized spacial score (nSPS) is 23.0. The molecule has 4 aromatic rings. The van der Waals surface area contributed by atoms with E-state index < -0.39 is 31.0 Å². The minimum atomic E-state index is -4.62. The molecule has 2 unspecified atom stereocenters. The summed E-state index contributed by atoms with van der Waals surface area (Å²) in [6.07, 6.45) is 11.7. The molecule has 1 spiro atoms. The average molecular weight is 748 g/mol. The molecule has 0 aromatic heterocycles. The predicted molar refractivity (Wildman–Crippen MR) is 203 cm³/mol. The fraction of sp³-hybridized carbons (Fsp3) is 0.341. The van der Waals surface area contributed by atoms with E-state index in [1.54, 1.807) is 0 Å². The molecule has 1 saturated heterocycles. The van der Waals surface area contributed by atoms with E-state index in [0.717, 1.165) is 49.9 Å². The van der Waals surface area contributed by atoms with Crippen LogP contribution in [0.1, 0.15) is 64.5 Å². The van der Waals surface area contributed by atoms with Crippen LogP contribution >= 0.6 is 0 Å². The first-order valence-corrected chi connectivity index (χ1v) is 20.7. The number of rotatable bonds is 9. The molecule has 1 fully saturated rings. The van der Waals surface area contributed by atoms with Gasteiger partial charge in [-0.05, 0) is 73.9 Å². The first-order chi connectivity index (χ1) is 24.1. The summed E-state index contributed by atoms with van der Waals surface area (Å²) in [5.74, 6) is -0.387. The van der Waals surface area contributed by atoms with E-state index in [-0.39, 0.29) is 51.6 Å². The number of fused-ring (bicyclic) bond motifs is 7. The van der Waals surface area contributed by atoms with E-state index in [9.17, 15) is 25.9 Å². The molecule has 0 bridgehead atoms. The van der Waals surface area contributed by atoms with Gasteiger partial charge in [0, 0.05) is 54.4 Å². The summed E-state index contributed by atoms with van der Waals surface area (Å²) in [5, 5.41) is 3.35. The van der Waals surface area contributed by atoms with Gasteiger partial charge in [0.2, 0.25) is 5.69 Å². The summed E-state index contributed by atoms with van der Waals surface area (Å²) in [6.45, 7) is 9.74. The minimum Gasteiger partial charge on any atom is -0.748 e. The SMILES string of the molecule is CC1(C)C(C=CC=C/C=C2/C(C)(C)c3c(ccc4ccccc34)[N+]23CCCC3S(=O)(=O)[O-])=[N+](CCCCS(=O)(=O)[O-])c2ccc3ccccc3c21.[Na+]. The molecule has 8 nitrogen and oxygen atoms in total. The number of hydrogen-bond acceptors (Lipinski definition) is 6. The molecule has 0 saturated carbocycles. The monoisotopic (exact) mass is 747 g/mol. The molecule has 11 heteroatoms. The first kappa shape index (κ1) is 38.8. The van der Waals surface area contributed by atoms with E-state index in [1.807, 2.05) is 60.7 Å². The number of benzene rings is 4. The Morgan fingerprint density at radius 3 is 2.08 bits per heavy atom. The summed E-state index contributed by atoms with van der Waals surface area (Å²) in [4.78, 5) is 0. The number of nitrogens with zero attached hydrogens (tertiary/aromatic N) is 2. The molecule has 2 atom stereocenters. The largest absolute Gasteiger partial charge is 1.00 e. The van der Waals surface area contributed by atoms with Gasteiger partial charge in [-0.15, -0.1) is 0 Å². The maximum atomic E-state index is 12.9. The molecule has 0 N–H and O–H groups in total. The molecule has 7 rings (SSSR count). The molecule has 0 aliphatic carbocycles. The van der Waals surface area contributed by atoms with Crippen LogP contribution in [0.4, 0.5) is 11.4 Å². The van der Waals surface area contributed by atoms with Gasteiger partial charge in [-0.1, -0.05) is 66.8 Å². The van der Waals surface area contributed by atoms with Crippen molar-refractivity contribution in [1.29, 1.82) is 0 Å². The molecule has 0 radical (unpaired) electrons. The molecule has 266 valence electrons. The second-order valence-electron chi connectivity index (χ2n) is 15.1. The van der Waals surface area contributed by atoms with Crippen molar-refractivity contribution < 1.29 is 60.1 Å². The van der Waals surface area contributed by atoms with Crippen molar-refractivity contribution in [3.05, 3.63) is 120 Å². The second-order valence-corrected chi connectivity index (χ2v) is 18.1. The zero-order chi connectivity index (χ0) is 36.4. The summed E-state index contributed by atoms with van der Waals surface area (Å²) in [6, 6.07) is 24.7. The fourth-order valence-electron chi connectivity index (χ4n) is 9.33.